The Kier molecular flexibility index (Phi) is 4.61. The zero-order chi connectivity index (χ0) is 17.2. The highest BCUT2D eigenvalue weighted by Crippen LogP contribution is 2.31. The van der Waals surface area contributed by atoms with Gasteiger partial charge in [-0.3, -0.25) is 10.1 Å². The molecule has 1 saturated heterocycles. The fourth-order valence-corrected chi connectivity index (χ4v) is 4.33. The minimum atomic E-state index is -3.87. The molecule has 0 bridgehead atoms. The first kappa shape index (κ1) is 16.6. The van der Waals surface area contributed by atoms with Gasteiger partial charge in [-0.2, -0.15) is 4.31 Å². The Hall–Kier alpha value is -2.29. The van der Waals surface area contributed by atoms with Gasteiger partial charge in [0, 0.05) is 18.7 Å². The number of nitrogens with zero attached hydrogens (tertiary/aromatic N) is 2. The van der Waals surface area contributed by atoms with E-state index in [1.54, 1.807) is 0 Å². The molecule has 1 heterocycles. The van der Waals surface area contributed by atoms with Gasteiger partial charge < -0.3 is 4.74 Å². The van der Waals surface area contributed by atoms with Crippen molar-refractivity contribution in [2.45, 2.75) is 10.9 Å². The second kappa shape index (κ2) is 6.68. The highest BCUT2D eigenvalue weighted by Gasteiger charge is 2.35. The van der Waals surface area contributed by atoms with Crippen LogP contribution in [0.2, 0.25) is 0 Å². The summed E-state index contributed by atoms with van der Waals surface area (Å²) >= 11 is 0. The van der Waals surface area contributed by atoms with E-state index in [1.807, 2.05) is 30.3 Å². The summed E-state index contributed by atoms with van der Waals surface area (Å²) in [5.74, 6) is 0. The summed E-state index contributed by atoms with van der Waals surface area (Å²) in [5, 5.41) is 10.9. The number of nitro benzene ring substituents is 1. The van der Waals surface area contributed by atoms with Crippen molar-refractivity contribution < 1.29 is 18.1 Å². The molecule has 24 heavy (non-hydrogen) atoms. The monoisotopic (exact) mass is 348 g/mol. The summed E-state index contributed by atoms with van der Waals surface area (Å²) in [6, 6.07) is 13.9. The molecule has 8 heteroatoms. The Balaban J connectivity index is 2.00. The van der Waals surface area contributed by atoms with Gasteiger partial charge in [-0.1, -0.05) is 36.4 Å². The molecule has 0 aliphatic carbocycles. The first-order valence-corrected chi connectivity index (χ1v) is 8.83. The minimum absolute atomic E-state index is 0.0838. The number of hydrogen-bond donors (Lipinski definition) is 0. The van der Waals surface area contributed by atoms with Gasteiger partial charge in [0.25, 0.3) is 5.69 Å². The second-order valence-corrected chi connectivity index (χ2v) is 7.26. The molecule has 3 rings (SSSR count). The summed E-state index contributed by atoms with van der Waals surface area (Å²) in [7, 11) is -3.87. The van der Waals surface area contributed by atoms with E-state index in [1.165, 1.54) is 22.5 Å². The standard InChI is InChI=1S/C16H16N2O5S/c19-18(20)14-7-4-8-15(11-14)24(21,22)17-9-10-23-12-16(17)13-5-2-1-3-6-13/h1-8,11,16H,9-10,12H2. The predicted octanol–water partition coefficient (Wildman–Crippen LogP) is 2.36. The molecule has 2 aromatic carbocycles. The number of nitro groups is 1. The average molecular weight is 348 g/mol. The van der Waals surface area contributed by atoms with Crippen LogP contribution < -0.4 is 0 Å². The summed E-state index contributed by atoms with van der Waals surface area (Å²) in [5.41, 5.74) is 0.576. The van der Waals surface area contributed by atoms with E-state index in [-0.39, 0.29) is 30.3 Å². The largest absolute Gasteiger partial charge is 0.378 e. The van der Waals surface area contributed by atoms with Crippen LogP contribution in [0.15, 0.2) is 59.5 Å². The lowest BCUT2D eigenvalue weighted by atomic mass is 10.1. The Morgan fingerprint density at radius 2 is 1.88 bits per heavy atom. The molecule has 1 aliphatic rings. The maximum atomic E-state index is 13.0. The van der Waals surface area contributed by atoms with Crippen LogP contribution in [0, 0.1) is 10.1 Å². The average Bonchev–Trinajstić information content (AvgIpc) is 2.62. The van der Waals surface area contributed by atoms with Crippen molar-refractivity contribution in [2.24, 2.45) is 0 Å². The highest BCUT2D eigenvalue weighted by atomic mass is 32.2. The zero-order valence-corrected chi connectivity index (χ0v) is 13.6. The second-order valence-electron chi connectivity index (χ2n) is 5.37. The number of sulfonamides is 1. The molecule has 1 unspecified atom stereocenters. The van der Waals surface area contributed by atoms with E-state index in [9.17, 15) is 18.5 Å². The highest BCUT2D eigenvalue weighted by molar-refractivity contribution is 7.89. The number of benzene rings is 2. The van der Waals surface area contributed by atoms with Crippen molar-refractivity contribution in [2.75, 3.05) is 19.8 Å². The molecule has 0 radical (unpaired) electrons. The van der Waals surface area contributed by atoms with Crippen molar-refractivity contribution in [3.05, 3.63) is 70.3 Å². The van der Waals surface area contributed by atoms with Crippen LogP contribution in [0.1, 0.15) is 11.6 Å². The number of morpholine rings is 1. The van der Waals surface area contributed by atoms with Gasteiger partial charge in [0.2, 0.25) is 10.0 Å². The van der Waals surface area contributed by atoms with Gasteiger partial charge in [0.05, 0.1) is 29.1 Å². The lowest BCUT2D eigenvalue weighted by molar-refractivity contribution is -0.385. The fourth-order valence-electron chi connectivity index (χ4n) is 2.71. The van der Waals surface area contributed by atoms with Crippen LogP contribution in [0.5, 0.6) is 0 Å². The van der Waals surface area contributed by atoms with Crippen LogP contribution in [0.3, 0.4) is 0 Å². The van der Waals surface area contributed by atoms with Crippen molar-refractivity contribution in [3.8, 4) is 0 Å². The molecule has 1 fully saturated rings. The summed E-state index contributed by atoms with van der Waals surface area (Å²) < 4.78 is 32.8. The van der Waals surface area contributed by atoms with E-state index < -0.39 is 21.0 Å². The maximum absolute atomic E-state index is 13.0. The van der Waals surface area contributed by atoms with E-state index in [0.717, 1.165) is 11.6 Å². The van der Waals surface area contributed by atoms with Crippen LogP contribution in [-0.2, 0) is 14.8 Å². The third-order valence-corrected chi connectivity index (χ3v) is 5.80. The summed E-state index contributed by atoms with van der Waals surface area (Å²) in [4.78, 5) is 10.2. The Morgan fingerprint density at radius 3 is 2.58 bits per heavy atom. The van der Waals surface area contributed by atoms with Gasteiger partial charge >= 0.3 is 0 Å². The first-order chi connectivity index (χ1) is 11.5. The van der Waals surface area contributed by atoms with E-state index in [0.29, 0.717) is 0 Å². The van der Waals surface area contributed by atoms with Crippen LogP contribution in [-0.4, -0.2) is 37.4 Å². The quantitative estimate of drug-likeness (QED) is 0.625. The zero-order valence-electron chi connectivity index (χ0n) is 12.7. The lowest BCUT2D eigenvalue weighted by Gasteiger charge is -2.34. The van der Waals surface area contributed by atoms with Crippen molar-refractivity contribution in [1.29, 1.82) is 0 Å². The maximum Gasteiger partial charge on any atom is 0.270 e. The molecule has 0 N–H and O–H groups in total. The van der Waals surface area contributed by atoms with E-state index in [2.05, 4.69) is 0 Å². The smallest absolute Gasteiger partial charge is 0.270 e. The molecule has 0 aromatic heterocycles. The SMILES string of the molecule is O=[N+]([O-])c1cccc(S(=O)(=O)N2CCOCC2c2ccccc2)c1. The number of ether oxygens (including phenoxy) is 1. The minimum Gasteiger partial charge on any atom is -0.378 e. The molecule has 7 nitrogen and oxygen atoms in total. The van der Waals surface area contributed by atoms with Crippen molar-refractivity contribution in [1.82, 2.24) is 4.31 Å². The molecular weight excluding hydrogens is 332 g/mol. The van der Waals surface area contributed by atoms with Crippen molar-refractivity contribution >= 4 is 15.7 Å². The van der Waals surface area contributed by atoms with Gasteiger partial charge in [-0.25, -0.2) is 8.42 Å². The molecule has 0 saturated carbocycles. The molecular formula is C16H16N2O5S. The van der Waals surface area contributed by atoms with Gasteiger partial charge in [0.1, 0.15) is 0 Å². The number of rotatable bonds is 4. The van der Waals surface area contributed by atoms with Crippen molar-refractivity contribution in [3.63, 3.8) is 0 Å². The molecule has 1 aliphatic heterocycles. The van der Waals surface area contributed by atoms with Crippen LogP contribution in [0.4, 0.5) is 5.69 Å². The molecule has 0 spiro atoms. The predicted molar refractivity (Wildman–Crippen MR) is 87.0 cm³/mol. The molecule has 2 aromatic rings. The van der Waals surface area contributed by atoms with E-state index >= 15 is 0 Å². The molecule has 0 amide bonds. The van der Waals surface area contributed by atoms with Gasteiger partial charge in [-0.05, 0) is 11.6 Å². The summed E-state index contributed by atoms with van der Waals surface area (Å²) in [6.45, 7) is 0.736. The molecule has 126 valence electrons. The van der Waals surface area contributed by atoms with Crippen LogP contribution in [0.25, 0.3) is 0 Å². The number of hydrogen-bond acceptors (Lipinski definition) is 5. The Morgan fingerprint density at radius 1 is 1.12 bits per heavy atom. The van der Waals surface area contributed by atoms with E-state index in [4.69, 9.17) is 4.74 Å². The van der Waals surface area contributed by atoms with Gasteiger partial charge in [-0.15, -0.1) is 0 Å². The fraction of sp³-hybridized carbons (Fsp3) is 0.250. The first-order valence-electron chi connectivity index (χ1n) is 7.39. The third kappa shape index (κ3) is 3.16. The lowest BCUT2D eigenvalue weighted by Crippen LogP contribution is -2.43. The topological polar surface area (TPSA) is 89.8 Å². The normalized spacial score (nSPS) is 19.1. The summed E-state index contributed by atoms with van der Waals surface area (Å²) in [6.07, 6.45) is 0. The molecule has 1 atom stereocenters. The van der Waals surface area contributed by atoms with Crippen LogP contribution >= 0.6 is 0 Å². The number of non-ortho nitro benzene ring substituents is 1. The Labute approximate surface area is 139 Å². The third-order valence-electron chi connectivity index (χ3n) is 3.90. The van der Waals surface area contributed by atoms with Gasteiger partial charge in [0.15, 0.2) is 0 Å². The Bertz CT molecular complexity index is 839.